The normalized spacial score (nSPS) is 11.9. The second-order valence-electron chi connectivity index (χ2n) is 8.22. The molecule has 3 N–H and O–H groups in total. The van der Waals surface area contributed by atoms with Crippen molar-refractivity contribution in [1.29, 1.82) is 0 Å². The van der Waals surface area contributed by atoms with Crippen LogP contribution < -0.4 is 85.3 Å². The molecule has 40 heavy (non-hydrogen) atoms. The van der Waals surface area contributed by atoms with Gasteiger partial charge in [-0.15, -0.1) is 0 Å². The fraction of sp³-hybridized carbons (Fsp3) is 0.571. The molecule has 0 aliphatic heterocycles. The minimum absolute atomic E-state index is 0. The minimum atomic E-state index is -1.76. The Labute approximate surface area is 273 Å². The second-order valence-corrected chi connectivity index (χ2v) is 8.22. The van der Waals surface area contributed by atoms with Crippen LogP contribution in [0.15, 0.2) is 0 Å². The van der Waals surface area contributed by atoms with E-state index in [1.165, 1.54) is 4.90 Å². The number of amides is 3. The Morgan fingerprint density at radius 2 is 1.10 bits per heavy atom. The van der Waals surface area contributed by atoms with Crippen molar-refractivity contribution >= 4 is 53.7 Å². The smallest absolute Gasteiger partial charge is 0.548 e. The Hall–Kier alpha value is -2.59. The molecule has 0 aromatic heterocycles. The van der Waals surface area contributed by atoms with Crippen LogP contribution in [-0.2, 0) is 33.6 Å². The molecule has 0 aromatic rings. The van der Waals surface area contributed by atoms with E-state index >= 15 is 0 Å². The second kappa shape index (κ2) is 23.1. The number of carbonyl (C=O) groups is 7. The molecule has 208 valence electrons. The van der Waals surface area contributed by atoms with Crippen molar-refractivity contribution in [2.75, 3.05) is 20.6 Å². The zero-order valence-electron chi connectivity index (χ0n) is 22.7. The Morgan fingerprint density at radius 3 is 1.52 bits per heavy atom. The molecule has 0 heterocycles. The molecular weight excluding hydrogens is 554 g/mol. The molecule has 0 saturated carbocycles. The van der Waals surface area contributed by atoms with Gasteiger partial charge in [-0.05, 0) is 33.4 Å². The zero-order chi connectivity index (χ0) is 29.3. The van der Waals surface area contributed by atoms with Crippen molar-refractivity contribution in [3.8, 4) is 0 Å². The predicted octanol–water partition coefficient (Wildman–Crippen LogP) is -11.4. The van der Waals surface area contributed by atoms with E-state index in [0.29, 0.717) is 12.4 Å². The number of aliphatic carboxylic acids is 2. The van der Waals surface area contributed by atoms with Gasteiger partial charge in [-0.3, -0.25) is 24.0 Å². The van der Waals surface area contributed by atoms with Crippen LogP contribution in [0.1, 0.15) is 38.5 Å². The van der Waals surface area contributed by atoms with Crippen LogP contribution in [-0.4, -0.2) is 107 Å². The van der Waals surface area contributed by atoms with E-state index in [1.54, 1.807) is 14.1 Å². The topological polar surface area (TPSA) is 278 Å². The molecule has 0 spiro atoms. The van der Waals surface area contributed by atoms with Crippen LogP contribution in [0.4, 0.5) is 0 Å². The van der Waals surface area contributed by atoms with Gasteiger partial charge in [0.05, 0.1) is 30.6 Å². The molecule has 19 heteroatoms. The maximum atomic E-state index is 12.7. The van der Waals surface area contributed by atoms with E-state index in [9.17, 15) is 43.8 Å². The van der Waals surface area contributed by atoms with Gasteiger partial charge >= 0.3 is 71.5 Å². The first-order chi connectivity index (χ1) is 17.8. The third-order valence-corrected chi connectivity index (χ3v) is 4.75. The van der Waals surface area contributed by atoms with Gasteiger partial charge in [-0.1, -0.05) is 0 Å². The SMILES string of the molecule is CN(C)CC(=O)N[C@@H](CCC(=O)N[C@@H](CCC(=O)C=[N+]=[N-])C(=O)N[C@@H](CCC(=O)C=[N+]=[N-])C(=O)[O-])C(=O)[O-].[Na+].[Na+]. The fourth-order valence-electron chi connectivity index (χ4n) is 2.94. The summed E-state index contributed by atoms with van der Waals surface area (Å²) in [5.74, 6) is -7.46. The van der Waals surface area contributed by atoms with Gasteiger partial charge in [0.2, 0.25) is 29.3 Å². The van der Waals surface area contributed by atoms with Crippen molar-refractivity contribution in [2.24, 2.45) is 0 Å². The van der Waals surface area contributed by atoms with Crippen LogP contribution in [0.25, 0.3) is 11.1 Å². The molecule has 0 aliphatic carbocycles. The van der Waals surface area contributed by atoms with Crippen molar-refractivity contribution in [3.05, 3.63) is 11.1 Å². The summed E-state index contributed by atoms with van der Waals surface area (Å²) in [6.07, 6.45) is -1.49. The minimum Gasteiger partial charge on any atom is -0.548 e. The van der Waals surface area contributed by atoms with E-state index in [4.69, 9.17) is 11.1 Å². The Bertz CT molecular complexity index is 1030. The van der Waals surface area contributed by atoms with Crippen molar-refractivity contribution in [3.63, 3.8) is 0 Å². The van der Waals surface area contributed by atoms with E-state index in [0.717, 1.165) is 0 Å². The van der Waals surface area contributed by atoms with Gasteiger partial charge in [0.15, 0.2) is 0 Å². The summed E-state index contributed by atoms with van der Waals surface area (Å²) in [5.41, 5.74) is 16.8. The van der Waals surface area contributed by atoms with Crippen LogP contribution in [0.2, 0.25) is 0 Å². The van der Waals surface area contributed by atoms with E-state index < -0.39 is 91.5 Å². The number of carboxylic acid groups (broad SMARTS) is 2. The van der Waals surface area contributed by atoms with Gasteiger partial charge in [-0.25, -0.2) is 0 Å². The first kappa shape index (κ1) is 41.9. The number of nitrogens with zero attached hydrogens (tertiary/aromatic N) is 5. The van der Waals surface area contributed by atoms with Gasteiger partial charge < -0.3 is 51.7 Å². The molecule has 0 aromatic carbocycles. The van der Waals surface area contributed by atoms with Crippen LogP contribution in [0, 0.1) is 0 Å². The number of likely N-dealkylation sites (N-methyl/N-ethyl adjacent to an activating group) is 1. The molecule has 0 saturated heterocycles. The summed E-state index contributed by atoms with van der Waals surface area (Å²) in [6.45, 7) is -0.124. The van der Waals surface area contributed by atoms with Crippen LogP contribution >= 0.6 is 0 Å². The first-order valence-corrected chi connectivity index (χ1v) is 11.2. The number of carboxylic acids is 2. The molecule has 0 rings (SSSR count). The van der Waals surface area contributed by atoms with Gasteiger partial charge in [0.1, 0.15) is 6.04 Å². The van der Waals surface area contributed by atoms with Crippen molar-refractivity contribution < 1.29 is 112 Å². The largest absolute Gasteiger partial charge is 1.00 e. The molecule has 0 fully saturated rings. The van der Waals surface area contributed by atoms with Crippen molar-refractivity contribution in [1.82, 2.24) is 20.9 Å². The molecule has 0 aliphatic rings. The third-order valence-electron chi connectivity index (χ3n) is 4.75. The Balaban J connectivity index is -0.00000684. The summed E-state index contributed by atoms with van der Waals surface area (Å²) in [4.78, 5) is 89.3. The maximum absolute atomic E-state index is 12.7. The number of rotatable bonds is 19. The molecule has 0 bridgehead atoms. The standard InChI is InChI=1S/C21H30N8O9.2Na/c1-29(2)11-18(33)27-15(20(35)36)7-8-17(32)26-14(5-3-12(30)9-24-22)19(34)28-16(21(37)38)6-4-13(31)10-25-23;;/h9-10,14-16H,3-8,11H2,1-2H3,(H,26,32)(H,27,33)(H,28,34)(H,35,36)(H,37,38);;/q;2*+1/p-2/t14-,15-,16-;;/m0../s1. The number of ketones is 2. The van der Waals surface area contributed by atoms with Crippen molar-refractivity contribution in [2.45, 2.75) is 56.7 Å². The maximum Gasteiger partial charge on any atom is 1.00 e. The predicted molar refractivity (Wildman–Crippen MR) is 121 cm³/mol. The summed E-state index contributed by atoms with van der Waals surface area (Å²) in [6, 6.07) is -4.72. The molecule has 3 atom stereocenters. The molecule has 0 radical (unpaired) electrons. The van der Waals surface area contributed by atoms with Crippen LogP contribution in [0.5, 0.6) is 0 Å². The average molecular weight is 582 g/mol. The fourth-order valence-corrected chi connectivity index (χ4v) is 2.94. The molecular formula is C21H28N8Na2O9. The Morgan fingerprint density at radius 1 is 0.700 bits per heavy atom. The first-order valence-electron chi connectivity index (χ1n) is 11.2. The number of hydrogen-bond donors (Lipinski definition) is 3. The van der Waals surface area contributed by atoms with Crippen LogP contribution in [0.3, 0.4) is 0 Å². The molecule has 3 amide bonds. The summed E-state index contributed by atoms with van der Waals surface area (Å²) in [5, 5.41) is 29.2. The molecule has 17 nitrogen and oxygen atoms in total. The van der Waals surface area contributed by atoms with Gasteiger partial charge in [0, 0.05) is 19.3 Å². The van der Waals surface area contributed by atoms with E-state index in [2.05, 4.69) is 25.5 Å². The number of carbonyl (C=O) groups excluding carboxylic acids is 7. The van der Waals surface area contributed by atoms with Gasteiger partial charge in [0.25, 0.3) is 0 Å². The summed E-state index contributed by atoms with van der Waals surface area (Å²) < 4.78 is 0. The zero-order valence-corrected chi connectivity index (χ0v) is 26.7. The van der Waals surface area contributed by atoms with Gasteiger partial charge in [-0.2, -0.15) is 9.58 Å². The third kappa shape index (κ3) is 19.5. The number of nitrogens with one attached hydrogen (secondary N) is 3. The molecule has 0 unspecified atom stereocenters. The number of hydrogen-bond acceptors (Lipinski definition) is 10. The average Bonchev–Trinajstić information content (AvgIpc) is 2.81. The monoisotopic (exact) mass is 582 g/mol. The number of Topliss-reactive ketones (excluding diaryl/α,β-unsaturated/α-hetero) is 2. The van der Waals surface area contributed by atoms with E-state index in [1.807, 2.05) is 0 Å². The van der Waals surface area contributed by atoms with E-state index in [-0.39, 0.29) is 72.1 Å². The quantitative estimate of drug-likeness (QED) is 0.0559. The summed E-state index contributed by atoms with van der Waals surface area (Å²) >= 11 is 0. The Kier molecular flexibility index (Phi) is 24.2. The summed E-state index contributed by atoms with van der Waals surface area (Å²) in [7, 11) is 3.16.